The van der Waals surface area contributed by atoms with Gasteiger partial charge in [-0.2, -0.15) is 0 Å². The molecule has 0 radical (unpaired) electrons. The Morgan fingerprint density at radius 1 is 1.29 bits per heavy atom. The maximum atomic E-state index is 5.74. The van der Waals surface area contributed by atoms with Crippen LogP contribution < -0.4 is 5.32 Å². The second-order valence-electron chi connectivity index (χ2n) is 5.60. The van der Waals surface area contributed by atoms with Crippen LogP contribution in [-0.4, -0.2) is 18.2 Å². The summed E-state index contributed by atoms with van der Waals surface area (Å²) < 4.78 is 5.74. The number of hydrogen-bond donors (Lipinski definition) is 1. The van der Waals surface area contributed by atoms with Gasteiger partial charge in [0.1, 0.15) is 0 Å². The number of ether oxygens (including phenoxy) is 1. The molecule has 0 saturated carbocycles. The van der Waals surface area contributed by atoms with Crippen LogP contribution in [0.1, 0.15) is 45.2 Å². The topological polar surface area (TPSA) is 21.3 Å². The highest BCUT2D eigenvalue weighted by molar-refractivity contribution is 5.18. The molecule has 0 aromatic heterocycles. The highest BCUT2D eigenvalue weighted by Gasteiger charge is 2.29. The van der Waals surface area contributed by atoms with Crippen molar-refractivity contribution in [3.8, 4) is 0 Å². The van der Waals surface area contributed by atoms with Crippen molar-refractivity contribution < 1.29 is 4.74 Å². The maximum Gasteiger partial charge on any atom is 0.0641 e. The van der Waals surface area contributed by atoms with Crippen LogP contribution in [-0.2, 0) is 4.74 Å². The highest BCUT2D eigenvalue weighted by atomic mass is 16.5. The van der Waals surface area contributed by atoms with Crippen LogP contribution in [0.4, 0.5) is 0 Å². The van der Waals surface area contributed by atoms with Gasteiger partial charge in [0.2, 0.25) is 0 Å². The van der Waals surface area contributed by atoms with Crippen LogP contribution in [0.25, 0.3) is 0 Å². The predicted molar refractivity (Wildman–Crippen MR) is 71.0 cm³/mol. The molecule has 1 aliphatic heterocycles. The van der Waals surface area contributed by atoms with E-state index in [4.69, 9.17) is 4.74 Å². The standard InChI is InChI=1S/C15H23NO/c1-12(13-7-5-4-6-8-13)16-14-9-10-17-15(2,3)11-14/h4-8,12,14,16H,9-11H2,1-3H3/t12-,14-/m0/s1. The largest absolute Gasteiger partial charge is 0.375 e. The van der Waals surface area contributed by atoms with Crippen LogP contribution in [0.15, 0.2) is 30.3 Å². The van der Waals surface area contributed by atoms with Gasteiger partial charge in [0, 0.05) is 18.7 Å². The lowest BCUT2D eigenvalue weighted by atomic mass is 9.93. The second kappa shape index (κ2) is 5.19. The molecule has 1 saturated heterocycles. The minimum Gasteiger partial charge on any atom is -0.375 e. The van der Waals surface area contributed by atoms with Crippen LogP contribution >= 0.6 is 0 Å². The van der Waals surface area contributed by atoms with Gasteiger partial charge in [-0.3, -0.25) is 0 Å². The van der Waals surface area contributed by atoms with Crippen molar-refractivity contribution in [1.29, 1.82) is 0 Å². The SMILES string of the molecule is C[C@H](N[C@H]1CCOC(C)(C)C1)c1ccccc1. The summed E-state index contributed by atoms with van der Waals surface area (Å²) in [5.74, 6) is 0. The highest BCUT2D eigenvalue weighted by Crippen LogP contribution is 2.25. The molecular formula is C15H23NO. The Labute approximate surface area is 104 Å². The number of hydrogen-bond acceptors (Lipinski definition) is 2. The van der Waals surface area contributed by atoms with Crippen LogP contribution in [0, 0.1) is 0 Å². The fourth-order valence-corrected chi connectivity index (χ4v) is 2.57. The van der Waals surface area contributed by atoms with Gasteiger partial charge in [-0.05, 0) is 39.2 Å². The maximum absolute atomic E-state index is 5.74. The summed E-state index contributed by atoms with van der Waals surface area (Å²) in [6.07, 6.45) is 2.20. The van der Waals surface area contributed by atoms with E-state index in [-0.39, 0.29) is 5.60 Å². The summed E-state index contributed by atoms with van der Waals surface area (Å²) in [5.41, 5.74) is 1.38. The molecule has 1 heterocycles. The zero-order valence-corrected chi connectivity index (χ0v) is 11.1. The predicted octanol–water partition coefficient (Wildman–Crippen LogP) is 3.29. The fourth-order valence-electron chi connectivity index (χ4n) is 2.57. The third kappa shape index (κ3) is 3.55. The molecule has 1 aliphatic rings. The fraction of sp³-hybridized carbons (Fsp3) is 0.600. The lowest BCUT2D eigenvalue weighted by Gasteiger charge is -2.37. The molecule has 0 bridgehead atoms. The molecule has 0 spiro atoms. The third-order valence-electron chi connectivity index (χ3n) is 3.48. The third-order valence-corrected chi connectivity index (χ3v) is 3.48. The second-order valence-corrected chi connectivity index (χ2v) is 5.60. The molecule has 2 rings (SSSR count). The van der Waals surface area contributed by atoms with Crippen LogP contribution in [0.2, 0.25) is 0 Å². The van der Waals surface area contributed by atoms with E-state index in [1.165, 1.54) is 5.56 Å². The van der Waals surface area contributed by atoms with Crippen LogP contribution in [0.5, 0.6) is 0 Å². The van der Waals surface area contributed by atoms with E-state index in [0.717, 1.165) is 19.4 Å². The van der Waals surface area contributed by atoms with Gasteiger partial charge in [-0.25, -0.2) is 0 Å². The van der Waals surface area contributed by atoms with E-state index < -0.39 is 0 Å². The molecule has 94 valence electrons. The van der Waals surface area contributed by atoms with E-state index in [1.54, 1.807) is 0 Å². The summed E-state index contributed by atoms with van der Waals surface area (Å²) in [6, 6.07) is 11.6. The molecule has 2 nitrogen and oxygen atoms in total. The molecule has 1 aromatic rings. The summed E-state index contributed by atoms with van der Waals surface area (Å²) in [7, 11) is 0. The zero-order chi connectivity index (χ0) is 12.3. The van der Waals surface area contributed by atoms with E-state index in [9.17, 15) is 0 Å². The van der Waals surface area contributed by atoms with E-state index in [2.05, 4.69) is 56.4 Å². The number of benzene rings is 1. The van der Waals surface area contributed by atoms with Crippen molar-refractivity contribution in [2.24, 2.45) is 0 Å². The Balaban J connectivity index is 1.93. The Morgan fingerprint density at radius 3 is 2.65 bits per heavy atom. The number of nitrogens with one attached hydrogen (secondary N) is 1. The first kappa shape index (κ1) is 12.6. The molecule has 1 fully saturated rings. The molecule has 0 aliphatic carbocycles. The van der Waals surface area contributed by atoms with Gasteiger partial charge >= 0.3 is 0 Å². The van der Waals surface area contributed by atoms with Gasteiger partial charge in [-0.15, -0.1) is 0 Å². The smallest absolute Gasteiger partial charge is 0.0641 e. The van der Waals surface area contributed by atoms with Gasteiger partial charge < -0.3 is 10.1 Å². The summed E-state index contributed by atoms with van der Waals surface area (Å²) in [5, 5.41) is 3.71. The first-order chi connectivity index (χ1) is 8.07. The molecule has 1 N–H and O–H groups in total. The quantitative estimate of drug-likeness (QED) is 0.865. The Bertz CT molecular complexity index is 347. The Hall–Kier alpha value is -0.860. The summed E-state index contributed by atoms with van der Waals surface area (Å²) >= 11 is 0. The Kier molecular flexibility index (Phi) is 3.85. The van der Waals surface area contributed by atoms with Crippen LogP contribution in [0.3, 0.4) is 0 Å². The molecule has 1 aromatic carbocycles. The summed E-state index contributed by atoms with van der Waals surface area (Å²) in [4.78, 5) is 0. The molecule has 0 unspecified atom stereocenters. The minimum absolute atomic E-state index is 0.0202. The first-order valence-corrected chi connectivity index (χ1v) is 6.52. The average molecular weight is 233 g/mol. The van der Waals surface area contributed by atoms with Crippen molar-refractivity contribution in [1.82, 2.24) is 5.32 Å². The van der Waals surface area contributed by atoms with E-state index >= 15 is 0 Å². The number of rotatable bonds is 3. The average Bonchev–Trinajstić information content (AvgIpc) is 2.29. The molecule has 2 atom stereocenters. The van der Waals surface area contributed by atoms with E-state index in [0.29, 0.717) is 12.1 Å². The van der Waals surface area contributed by atoms with Crippen molar-refractivity contribution in [3.63, 3.8) is 0 Å². The van der Waals surface area contributed by atoms with E-state index in [1.807, 2.05) is 0 Å². The molecule has 17 heavy (non-hydrogen) atoms. The lowest BCUT2D eigenvalue weighted by molar-refractivity contribution is -0.0639. The normalized spacial score (nSPS) is 25.5. The van der Waals surface area contributed by atoms with Crippen molar-refractivity contribution >= 4 is 0 Å². The van der Waals surface area contributed by atoms with Crippen molar-refractivity contribution in [2.45, 2.75) is 51.3 Å². The van der Waals surface area contributed by atoms with Gasteiger partial charge in [0.05, 0.1) is 5.60 Å². The summed E-state index contributed by atoms with van der Waals surface area (Å²) in [6.45, 7) is 7.45. The Morgan fingerprint density at radius 2 is 2.00 bits per heavy atom. The van der Waals surface area contributed by atoms with Gasteiger partial charge in [-0.1, -0.05) is 30.3 Å². The van der Waals surface area contributed by atoms with Crippen molar-refractivity contribution in [2.75, 3.05) is 6.61 Å². The lowest BCUT2D eigenvalue weighted by Crippen LogP contribution is -2.44. The van der Waals surface area contributed by atoms with Gasteiger partial charge in [0.25, 0.3) is 0 Å². The monoisotopic (exact) mass is 233 g/mol. The first-order valence-electron chi connectivity index (χ1n) is 6.52. The minimum atomic E-state index is 0.0202. The molecule has 2 heteroatoms. The molecular weight excluding hydrogens is 210 g/mol. The van der Waals surface area contributed by atoms with Gasteiger partial charge in [0.15, 0.2) is 0 Å². The van der Waals surface area contributed by atoms with Crippen molar-refractivity contribution in [3.05, 3.63) is 35.9 Å². The molecule has 0 amide bonds. The zero-order valence-electron chi connectivity index (χ0n) is 11.1.